The second-order valence-electron chi connectivity index (χ2n) is 8.98. The molecular weight excluding hydrogens is 480 g/mol. The van der Waals surface area contributed by atoms with Crippen molar-refractivity contribution in [2.75, 3.05) is 13.2 Å². The van der Waals surface area contributed by atoms with E-state index in [1.54, 1.807) is 6.92 Å². The third kappa shape index (κ3) is 8.30. The van der Waals surface area contributed by atoms with Crippen LogP contribution in [0, 0.1) is 6.92 Å². The molecule has 0 saturated heterocycles. The van der Waals surface area contributed by atoms with Crippen LogP contribution >= 0.6 is 0 Å². The van der Waals surface area contributed by atoms with E-state index in [1.807, 2.05) is 79.7 Å². The fourth-order valence-electron chi connectivity index (χ4n) is 3.82. The van der Waals surface area contributed by atoms with Crippen LogP contribution < -0.4 is 10.2 Å². The zero-order valence-electron chi connectivity index (χ0n) is 21.9. The van der Waals surface area contributed by atoms with Crippen molar-refractivity contribution in [1.82, 2.24) is 10.5 Å². The summed E-state index contributed by atoms with van der Waals surface area (Å²) in [6.07, 6.45) is 1.74. The van der Waals surface area contributed by atoms with Gasteiger partial charge in [-0.2, -0.15) is 0 Å². The number of esters is 1. The highest BCUT2D eigenvalue weighted by Crippen LogP contribution is 2.22. The standard InChI is InChI=1S/C31H34N2O5/c1-23-29(33-30(37-23)27-13-7-4-8-14-27)19-21-35-28-17-15-25(16-18-28)12-9-20-32-38-24(2)31(34)36-22-26-10-5-3-6-11-26/h3-8,10-11,13-18,24,32H,9,12,19-22H2,1-2H3. The number of benzene rings is 3. The fraction of sp³-hybridized carbons (Fsp3) is 0.290. The summed E-state index contributed by atoms with van der Waals surface area (Å²) < 4.78 is 17.0. The molecule has 4 rings (SSSR count). The molecule has 0 aliphatic heterocycles. The van der Waals surface area contributed by atoms with Crippen molar-refractivity contribution in [2.45, 2.75) is 45.8 Å². The number of aryl methyl sites for hydroxylation is 2. The highest BCUT2D eigenvalue weighted by atomic mass is 16.7. The Kier molecular flexibility index (Phi) is 10.1. The number of nitrogens with one attached hydrogen (secondary N) is 1. The van der Waals surface area contributed by atoms with E-state index >= 15 is 0 Å². The molecule has 1 heterocycles. The molecule has 1 N–H and O–H groups in total. The predicted octanol–water partition coefficient (Wildman–Crippen LogP) is 5.86. The second-order valence-corrected chi connectivity index (χ2v) is 8.98. The molecule has 1 unspecified atom stereocenters. The molecule has 0 aliphatic carbocycles. The maximum absolute atomic E-state index is 12.1. The molecule has 4 aromatic rings. The van der Waals surface area contributed by atoms with Gasteiger partial charge < -0.3 is 13.9 Å². The normalized spacial score (nSPS) is 11.7. The van der Waals surface area contributed by atoms with Crippen molar-refractivity contribution in [1.29, 1.82) is 0 Å². The number of carbonyl (C=O) groups is 1. The molecule has 0 spiro atoms. The Morgan fingerprint density at radius 3 is 2.37 bits per heavy atom. The van der Waals surface area contributed by atoms with Gasteiger partial charge >= 0.3 is 5.97 Å². The number of nitrogens with zero attached hydrogens (tertiary/aromatic N) is 1. The van der Waals surface area contributed by atoms with Crippen LogP contribution in [0.3, 0.4) is 0 Å². The molecule has 0 amide bonds. The van der Waals surface area contributed by atoms with Gasteiger partial charge in [-0.25, -0.2) is 15.3 Å². The molecule has 1 atom stereocenters. The first-order valence-electron chi connectivity index (χ1n) is 12.9. The van der Waals surface area contributed by atoms with Gasteiger partial charge in [0.15, 0.2) is 6.10 Å². The number of carbonyl (C=O) groups excluding carboxylic acids is 1. The van der Waals surface area contributed by atoms with Gasteiger partial charge in [-0.05, 0) is 62.1 Å². The van der Waals surface area contributed by atoms with E-state index in [0.29, 0.717) is 25.5 Å². The van der Waals surface area contributed by atoms with Crippen molar-refractivity contribution in [3.8, 4) is 17.2 Å². The highest BCUT2D eigenvalue weighted by Gasteiger charge is 2.15. The quantitative estimate of drug-likeness (QED) is 0.128. The Bertz CT molecular complexity index is 1260. The van der Waals surface area contributed by atoms with Crippen LogP contribution in [0.25, 0.3) is 11.5 Å². The van der Waals surface area contributed by atoms with Gasteiger partial charge in [0.05, 0.1) is 12.3 Å². The highest BCUT2D eigenvalue weighted by molar-refractivity contribution is 5.74. The van der Waals surface area contributed by atoms with Crippen LogP contribution in [-0.2, 0) is 33.8 Å². The summed E-state index contributed by atoms with van der Waals surface area (Å²) in [5, 5.41) is 0. The Morgan fingerprint density at radius 1 is 0.921 bits per heavy atom. The first kappa shape index (κ1) is 27.1. The average Bonchev–Trinajstić information content (AvgIpc) is 3.33. The summed E-state index contributed by atoms with van der Waals surface area (Å²) in [7, 11) is 0. The summed E-state index contributed by atoms with van der Waals surface area (Å²) in [5.41, 5.74) is 6.89. The van der Waals surface area contributed by atoms with Gasteiger partial charge in [0.25, 0.3) is 0 Å². The Balaban J connectivity index is 1.10. The van der Waals surface area contributed by atoms with Crippen LogP contribution in [0.15, 0.2) is 89.3 Å². The lowest BCUT2D eigenvalue weighted by atomic mass is 10.1. The topological polar surface area (TPSA) is 82.8 Å². The van der Waals surface area contributed by atoms with Crippen LogP contribution in [-0.4, -0.2) is 30.2 Å². The predicted molar refractivity (Wildman–Crippen MR) is 145 cm³/mol. The van der Waals surface area contributed by atoms with Gasteiger partial charge in [-0.15, -0.1) is 0 Å². The first-order valence-corrected chi connectivity index (χ1v) is 12.9. The minimum Gasteiger partial charge on any atom is -0.493 e. The van der Waals surface area contributed by atoms with E-state index < -0.39 is 12.1 Å². The van der Waals surface area contributed by atoms with E-state index in [9.17, 15) is 4.79 Å². The molecule has 0 radical (unpaired) electrons. The number of rotatable bonds is 14. The largest absolute Gasteiger partial charge is 0.493 e. The number of ether oxygens (including phenoxy) is 2. The second kappa shape index (κ2) is 14.1. The molecular formula is C31H34N2O5. The smallest absolute Gasteiger partial charge is 0.337 e. The van der Waals surface area contributed by atoms with E-state index in [1.165, 1.54) is 5.56 Å². The van der Waals surface area contributed by atoms with E-state index in [2.05, 4.69) is 22.6 Å². The van der Waals surface area contributed by atoms with Crippen molar-refractivity contribution >= 4 is 5.97 Å². The number of hydrogen-bond acceptors (Lipinski definition) is 7. The maximum Gasteiger partial charge on any atom is 0.337 e. The van der Waals surface area contributed by atoms with Gasteiger partial charge in [-0.3, -0.25) is 4.84 Å². The molecule has 7 nitrogen and oxygen atoms in total. The molecule has 198 valence electrons. The van der Waals surface area contributed by atoms with E-state index in [0.717, 1.165) is 41.2 Å². The fourth-order valence-corrected chi connectivity index (χ4v) is 3.82. The van der Waals surface area contributed by atoms with Crippen LogP contribution in [0.5, 0.6) is 5.75 Å². The van der Waals surface area contributed by atoms with Crippen LogP contribution in [0.4, 0.5) is 0 Å². The minimum atomic E-state index is -0.680. The summed E-state index contributed by atoms with van der Waals surface area (Å²) in [5.74, 6) is 1.88. The minimum absolute atomic E-state index is 0.238. The third-order valence-electron chi connectivity index (χ3n) is 6.00. The lowest BCUT2D eigenvalue weighted by Gasteiger charge is -2.13. The van der Waals surface area contributed by atoms with Crippen molar-refractivity contribution in [2.24, 2.45) is 0 Å². The number of hydroxylamine groups is 1. The Morgan fingerprint density at radius 2 is 1.63 bits per heavy atom. The van der Waals surface area contributed by atoms with Gasteiger partial charge in [0, 0.05) is 18.5 Å². The van der Waals surface area contributed by atoms with Crippen molar-refractivity contribution in [3.63, 3.8) is 0 Å². The summed E-state index contributed by atoms with van der Waals surface area (Å²) in [4.78, 5) is 22.1. The Hall–Kier alpha value is -3.94. The molecule has 38 heavy (non-hydrogen) atoms. The number of oxazole rings is 1. The first-order chi connectivity index (χ1) is 18.6. The number of hydrogen-bond donors (Lipinski definition) is 1. The van der Waals surface area contributed by atoms with Crippen molar-refractivity contribution < 1.29 is 23.5 Å². The lowest BCUT2D eigenvalue weighted by molar-refractivity contribution is -0.162. The zero-order valence-corrected chi connectivity index (χ0v) is 21.9. The summed E-state index contributed by atoms with van der Waals surface area (Å²) in [6, 6.07) is 27.6. The molecule has 1 aromatic heterocycles. The SMILES string of the molecule is Cc1oc(-c2ccccc2)nc1CCOc1ccc(CCCNOC(C)C(=O)OCc2ccccc2)cc1. The summed E-state index contributed by atoms with van der Waals surface area (Å²) >= 11 is 0. The number of aromatic nitrogens is 1. The summed E-state index contributed by atoms with van der Waals surface area (Å²) in [6.45, 7) is 4.99. The van der Waals surface area contributed by atoms with E-state index in [-0.39, 0.29) is 6.61 Å². The molecule has 3 aromatic carbocycles. The molecule has 0 fully saturated rings. The van der Waals surface area contributed by atoms with Gasteiger partial charge in [0.1, 0.15) is 18.1 Å². The molecule has 7 heteroatoms. The maximum atomic E-state index is 12.1. The van der Waals surface area contributed by atoms with Gasteiger partial charge in [0.2, 0.25) is 5.89 Å². The molecule has 0 bridgehead atoms. The van der Waals surface area contributed by atoms with Crippen LogP contribution in [0.2, 0.25) is 0 Å². The molecule has 0 aliphatic rings. The monoisotopic (exact) mass is 514 g/mol. The van der Waals surface area contributed by atoms with Gasteiger partial charge in [-0.1, -0.05) is 60.7 Å². The van der Waals surface area contributed by atoms with E-state index in [4.69, 9.17) is 18.7 Å². The van der Waals surface area contributed by atoms with Crippen LogP contribution in [0.1, 0.15) is 35.9 Å². The zero-order chi connectivity index (χ0) is 26.6. The lowest BCUT2D eigenvalue weighted by Crippen LogP contribution is -2.30. The average molecular weight is 515 g/mol. The molecule has 0 saturated carbocycles. The van der Waals surface area contributed by atoms with Crippen molar-refractivity contribution in [3.05, 3.63) is 108 Å². The Labute approximate surface area is 223 Å². The third-order valence-corrected chi connectivity index (χ3v) is 6.00.